The van der Waals surface area contributed by atoms with Crippen LogP contribution in [0.15, 0.2) is 60.7 Å². The number of hydrogen-bond acceptors (Lipinski definition) is 3. The first-order chi connectivity index (χ1) is 13.7. The Hall–Kier alpha value is -2.43. The maximum Gasteiger partial charge on any atom is 0.224 e. The van der Waals surface area contributed by atoms with E-state index in [1.807, 2.05) is 18.2 Å². The van der Waals surface area contributed by atoms with Crippen LogP contribution in [-0.4, -0.2) is 48.7 Å². The molecule has 1 unspecified atom stereocenters. The standard InChI is InChI=1S/C24H30N2O2/c27-16-13-25-24(28)18-22-10-8-21(9-11-22)17-23-12-15-26(19-23)14-4-7-20-5-2-1-3-6-20/h1-11,23,27H,12-19H2,(H,25,28). The Morgan fingerprint density at radius 3 is 2.61 bits per heavy atom. The fourth-order valence-electron chi connectivity index (χ4n) is 3.72. The second-order valence-corrected chi connectivity index (χ2v) is 7.50. The molecule has 0 aliphatic carbocycles. The Bertz CT molecular complexity index is 756. The highest BCUT2D eigenvalue weighted by Crippen LogP contribution is 2.21. The normalized spacial score (nSPS) is 17.2. The van der Waals surface area contributed by atoms with E-state index in [0.29, 0.717) is 18.9 Å². The smallest absolute Gasteiger partial charge is 0.224 e. The molecule has 0 bridgehead atoms. The maximum absolute atomic E-state index is 11.7. The van der Waals surface area contributed by atoms with Crippen LogP contribution in [0.3, 0.4) is 0 Å². The zero-order chi connectivity index (χ0) is 19.6. The van der Waals surface area contributed by atoms with E-state index in [-0.39, 0.29) is 12.5 Å². The molecule has 1 heterocycles. The van der Waals surface area contributed by atoms with Gasteiger partial charge in [0.1, 0.15) is 0 Å². The third-order valence-electron chi connectivity index (χ3n) is 5.19. The van der Waals surface area contributed by atoms with Gasteiger partial charge in [-0.3, -0.25) is 9.69 Å². The minimum atomic E-state index is -0.0446. The van der Waals surface area contributed by atoms with Gasteiger partial charge in [0.15, 0.2) is 0 Å². The molecule has 1 aliphatic heterocycles. The lowest BCUT2D eigenvalue weighted by Gasteiger charge is -2.14. The van der Waals surface area contributed by atoms with Gasteiger partial charge in [-0.05, 0) is 42.0 Å². The molecule has 0 spiro atoms. The summed E-state index contributed by atoms with van der Waals surface area (Å²) in [4.78, 5) is 14.2. The summed E-state index contributed by atoms with van der Waals surface area (Å²) in [6, 6.07) is 18.8. The van der Waals surface area contributed by atoms with E-state index in [2.05, 4.69) is 58.8 Å². The number of hydrogen-bond donors (Lipinski definition) is 2. The molecule has 0 aromatic heterocycles. The van der Waals surface area contributed by atoms with Crippen LogP contribution in [0.1, 0.15) is 23.1 Å². The van der Waals surface area contributed by atoms with Crippen molar-refractivity contribution in [1.29, 1.82) is 0 Å². The van der Waals surface area contributed by atoms with Crippen LogP contribution in [-0.2, 0) is 17.6 Å². The van der Waals surface area contributed by atoms with Crippen molar-refractivity contribution in [2.75, 3.05) is 32.8 Å². The summed E-state index contributed by atoms with van der Waals surface area (Å²) in [6.45, 7) is 3.60. The summed E-state index contributed by atoms with van der Waals surface area (Å²) in [7, 11) is 0. The SMILES string of the molecule is O=C(Cc1ccc(CC2CCN(CC=Cc3ccccc3)C2)cc1)NCCO. The van der Waals surface area contributed by atoms with Crippen LogP contribution >= 0.6 is 0 Å². The van der Waals surface area contributed by atoms with Gasteiger partial charge in [0.05, 0.1) is 13.0 Å². The Balaban J connectivity index is 1.41. The summed E-state index contributed by atoms with van der Waals surface area (Å²) in [6.07, 6.45) is 7.16. The fourth-order valence-corrected chi connectivity index (χ4v) is 3.72. The number of benzene rings is 2. The van der Waals surface area contributed by atoms with Crippen molar-refractivity contribution >= 4 is 12.0 Å². The van der Waals surface area contributed by atoms with Gasteiger partial charge >= 0.3 is 0 Å². The van der Waals surface area contributed by atoms with Crippen LogP contribution in [0.4, 0.5) is 0 Å². The van der Waals surface area contributed by atoms with Crippen LogP contribution in [0.5, 0.6) is 0 Å². The lowest BCUT2D eigenvalue weighted by Crippen LogP contribution is -2.27. The number of carbonyl (C=O) groups excluding carboxylic acids is 1. The topological polar surface area (TPSA) is 52.6 Å². The number of nitrogens with zero attached hydrogens (tertiary/aromatic N) is 1. The fraction of sp³-hybridized carbons (Fsp3) is 0.375. The van der Waals surface area contributed by atoms with E-state index < -0.39 is 0 Å². The summed E-state index contributed by atoms with van der Waals surface area (Å²) >= 11 is 0. The van der Waals surface area contributed by atoms with Crippen molar-refractivity contribution in [2.45, 2.75) is 19.3 Å². The molecule has 0 radical (unpaired) electrons. The Labute approximate surface area is 167 Å². The van der Waals surface area contributed by atoms with Crippen molar-refractivity contribution in [1.82, 2.24) is 10.2 Å². The largest absolute Gasteiger partial charge is 0.395 e. The van der Waals surface area contributed by atoms with Gasteiger partial charge in [-0.15, -0.1) is 0 Å². The molecular formula is C24H30N2O2. The predicted molar refractivity (Wildman–Crippen MR) is 114 cm³/mol. The van der Waals surface area contributed by atoms with Crippen molar-refractivity contribution in [3.63, 3.8) is 0 Å². The van der Waals surface area contributed by atoms with E-state index in [1.165, 1.54) is 17.5 Å². The monoisotopic (exact) mass is 378 g/mol. The number of nitrogens with one attached hydrogen (secondary N) is 1. The van der Waals surface area contributed by atoms with Crippen molar-refractivity contribution in [3.8, 4) is 0 Å². The molecule has 3 rings (SSSR count). The second kappa shape index (κ2) is 10.8. The Morgan fingerprint density at radius 2 is 1.86 bits per heavy atom. The van der Waals surface area contributed by atoms with E-state index in [0.717, 1.165) is 31.6 Å². The Kier molecular flexibility index (Phi) is 7.82. The van der Waals surface area contributed by atoms with Gasteiger partial charge in [-0.25, -0.2) is 0 Å². The van der Waals surface area contributed by atoms with Gasteiger partial charge in [0.25, 0.3) is 0 Å². The first-order valence-electron chi connectivity index (χ1n) is 10.1. The minimum Gasteiger partial charge on any atom is -0.395 e. The summed E-state index contributed by atoms with van der Waals surface area (Å²) < 4.78 is 0. The molecule has 0 saturated carbocycles. The molecule has 148 valence electrons. The molecule has 2 aromatic rings. The molecule has 28 heavy (non-hydrogen) atoms. The lowest BCUT2D eigenvalue weighted by atomic mass is 9.97. The highest BCUT2D eigenvalue weighted by atomic mass is 16.3. The van der Waals surface area contributed by atoms with Crippen molar-refractivity contribution in [2.24, 2.45) is 5.92 Å². The van der Waals surface area contributed by atoms with E-state index >= 15 is 0 Å². The number of aliphatic hydroxyl groups excluding tert-OH is 1. The number of likely N-dealkylation sites (tertiary alicyclic amines) is 1. The van der Waals surface area contributed by atoms with Crippen LogP contribution in [0.25, 0.3) is 6.08 Å². The summed E-state index contributed by atoms with van der Waals surface area (Å²) in [5, 5.41) is 11.4. The molecule has 2 N–H and O–H groups in total. The molecule has 1 amide bonds. The van der Waals surface area contributed by atoms with Gasteiger partial charge < -0.3 is 10.4 Å². The average molecular weight is 379 g/mol. The molecule has 1 atom stereocenters. The maximum atomic E-state index is 11.7. The molecule has 4 nitrogen and oxygen atoms in total. The Morgan fingerprint density at radius 1 is 1.11 bits per heavy atom. The van der Waals surface area contributed by atoms with Gasteiger partial charge in [0, 0.05) is 19.6 Å². The van der Waals surface area contributed by atoms with Gasteiger partial charge in [0.2, 0.25) is 5.91 Å². The van der Waals surface area contributed by atoms with Crippen LogP contribution in [0, 0.1) is 5.92 Å². The van der Waals surface area contributed by atoms with Crippen molar-refractivity contribution in [3.05, 3.63) is 77.4 Å². The number of carbonyl (C=O) groups is 1. The van der Waals surface area contributed by atoms with E-state index in [1.54, 1.807) is 0 Å². The number of aliphatic hydroxyl groups is 1. The zero-order valence-corrected chi connectivity index (χ0v) is 16.4. The predicted octanol–water partition coefficient (Wildman–Crippen LogP) is 2.92. The van der Waals surface area contributed by atoms with Crippen LogP contribution < -0.4 is 5.32 Å². The molecule has 1 aliphatic rings. The van der Waals surface area contributed by atoms with Crippen molar-refractivity contribution < 1.29 is 9.90 Å². The second-order valence-electron chi connectivity index (χ2n) is 7.50. The highest BCUT2D eigenvalue weighted by Gasteiger charge is 2.21. The molecule has 2 aromatic carbocycles. The number of rotatable bonds is 9. The minimum absolute atomic E-state index is 0.0227. The average Bonchev–Trinajstić information content (AvgIpc) is 3.16. The van der Waals surface area contributed by atoms with Gasteiger partial charge in [-0.1, -0.05) is 66.7 Å². The number of amides is 1. The summed E-state index contributed by atoms with van der Waals surface area (Å²) in [5.41, 5.74) is 3.60. The molecule has 1 fully saturated rings. The van der Waals surface area contributed by atoms with E-state index in [4.69, 9.17) is 5.11 Å². The lowest BCUT2D eigenvalue weighted by molar-refractivity contribution is -0.120. The first kappa shape index (κ1) is 20.3. The van der Waals surface area contributed by atoms with Crippen LogP contribution in [0.2, 0.25) is 0 Å². The third-order valence-corrected chi connectivity index (χ3v) is 5.19. The third kappa shape index (κ3) is 6.63. The highest BCUT2D eigenvalue weighted by molar-refractivity contribution is 5.78. The van der Waals surface area contributed by atoms with E-state index in [9.17, 15) is 4.79 Å². The zero-order valence-electron chi connectivity index (χ0n) is 16.4. The molecule has 4 heteroatoms. The summed E-state index contributed by atoms with van der Waals surface area (Å²) in [5.74, 6) is 0.653. The molecular weight excluding hydrogens is 348 g/mol. The first-order valence-corrected chi connectivity index (χ1v) is 10.1. The molecule has 1 saturated heterocycles. The quantitative estimate of drug-likeness (QED) is 0.705. The van der Waals surface area contributed by atoms with Gasteiger partial charge in [-0.2, -0.15) is 0 Å².